The Bertz CT molecular complexity index is 285. The Kier molecular flexibility index (Phi) is 6.10. The Hall–Kier alpha value is -0.883. The van der Waals surface area contributed by atoms with E-state index in [4.69, 9.17) is 18.3 Å². The summed E-state index contributed by atoms with van der Waals surface area (Å²) in [4.78, 5) is 0. The van der Waals surface area contributed by atoms with E-state index in [-0.39, 0.29) is 0 Å². The van der Waals surface area contributed by atoms with E-state index in [1.54, 1.807) is 21.3 Å². The van der Waals surface area contributed by atoms with Gasteiger partial charge in [0.05, 0.1) is 19.9 Å². The van der Waals surface area contributed by atoms with Crippen LogP contribution in [0.1, 0.15) is 5.56 Å². The highest BCUT2D eigenvalue weighted by atomic mass is 28.3. The number of ether oxygens (including phenoxy) is 2. The molecule has 0 heterocycles. The predicted octanol–water partition coefficient (Wildman–Crippen LogP) is 1.26. The summed E-state index contributed by atoms with van der Waals surface area (Å²) in [7, 11) is 3.36. The van der Waals surface area contributed by atoms with E-state index >= 15 is 0 Å². The molecule has 1 aromatic rings. The molecule has 0 aliphatic heterocycles. The first kappa shape index (κ1) is 13.2. The quantitative estimate of drug-likeness (QED) is 0.675. The molecule has 16 heavy (non-hydrogen) atoms. The van der Waals surface area contributed by atoms with Crippen molar-refractivity contribution in [3.8, 4) is 5.75 Å². The number of rotatable bonds is 7. The third kappa shape index (κ3) is 4.32. The maximum absolute atomic E-state index is 5.51. The van der Waals surface area contributed by atoms with Gasteiger partial charge in [0.25, 0.3) is 0 Å². The van der Waals surface area contributed by atoms with Gasteiger partial charge >= 0.3 is 9.28 Å². The highest BCUT2D eigenvalue weighted by Crippen LogP contribution is 2.11. The summed E-state index contributed by atoms with van der Waals surface area (Å²) < 4.78 is 20.9. The van der Waals surface area contributed by atoms with Crippen LogP contribution in [0.4, 0.5) is 0 Å². The first-order valence-electron chi connectivity index (χ1n) is 5.06. The third-order valence-electron chi connectivity index (χ3n) is 2.21. The lowest BCUT2D eigenvalue weighted by molar-refractivity contribution is 0.128. The van der Waals surface area contributed by atoms with Crippen molar-refractivity contribution in [1.82, 2.24) is 0 Å². The van der Waals surface area contributed by atoms with Crippen LogP contribution in [0.3, 0.4) is 0 Å². The van der Waals surface area contributed by atoms with Crippen molar-refractivity contribution >= 4 is 9.28 Å². The maximum Gasteiger partial charge on any atom is 0.347 e. The molecule has 0 saturated heterocycles. The van der Waals surface area contributed by atoms with Crippen LogP contribution in [-0.4, -0.2) is 36.8 Å². The molecule has 0 aliphatic carbocycles. The Morgan fingerprint density at radius 1 is 1.00 bits per heavy atom. The zero-order valence-corrected chi connectivity index (χ0v) is 11.1. The molecule has 0 radical (unpaired) electrons. The molecule has 0 aromatic heterocycles. The smallest absolute Gasteiger partial charge is 0.347 e. The molecular weight excluding hydrogens is 224 g/mol. The van der Waals surface area contributed by atoms with Gasteiger partial charge in [-0.3, -0.25) is 0 Å². The second-order valence-electron chi connectivity index (χ2n) is 3.26. The van der Waals surface area contributed by atoms with Crippen LogP contribution in [0.15, 0.2) is 24.3 Å². The van der Waals surface area contributed by atoms with Crippen LogP contribution in [0.25, 0.3) is 0 Å². The molecule has 0 spiro atoms. The molecule has 1 rings (SSSR count). The van der Waals surface area contributed by atoms with Crippen molar-refractivity contribution in [1.29, 1.82) is 0 Å². The van der Waals surface area contributed by atoms with Crippen molar-refractivity contribution in [3.05, 3.63) is 29.8 Å². The molecule has 0 unspecified atom stereocenters. The fourth-order valence-corrected chi connectivity index (χ4v) is 2.00. The second-order valence-corrected chi connectivity index (χ2v) is 5.40. The summed E-state index contributed by atoms with van der Waals surface area (Å²) in [6, 6.07) is 7.80. The molecular formula is C11H18O4Si. The molecule has 0 fully saturated rings. The molecule has 5 heteroatoms. The Balaban J connectivity index is 2.31. The number of hydrogen-bond donors (Lipinski definition) is 0. The van der Waals surface area contributed by atoms with E-state index < -0.39 is 9.28 Å². The number of benzene rings is 1. The SMILES string of the molecule is COc1ccc(COC[SiH](OC)OC)cc1. The molecule has 0 saturated carbocycles. The van der Waals surface area contributed by atoms with Gasteiger partial charge in [-0.15, -0.1) is 0 Å². The summed E-state index contributed by atoms with van der Waals surface area (Å²) in [6.45, 7) is 0.570. The zero-order valence-electron chi connectivity index (χ0n) is 9.93. The van der Waals surface area contributed by atoms with Crippen molar-refractivity contribution in [2.45, 2.75) is 6.61 Å². The molecule has 0 atom stereocenters. The Labute approximate surface area is 97.9 Å². The molecule has 4 nitrogen and oxygen atoms in total. The molecule has 0 amide bonds. The topological polar surface area (TPSA) is 36.9 Å². The van der Waals surface area contributed by atoms with Gasteiger partial charge in [0.15, 0.2) is 0 Å². The third-order valence-corrected chi connectivity index (χ3v) is 3.77. The van der Waals surface area contributed by atoms with Crippen molar-refractivity contribution in [3.63, 3.8) is 0 Å². The number of hydrogen-bond acceptors (Lipinski definition) is 4. The lowest BCUT2D eigenvalue weighted by Crippen LogP contribution is -2.26. The van der Waals surface area contributed by atoms with Crippen molar-refractivity contribution < 1.29 is 18.3 Å². The average molecular weight is 242 g/mol. The highest BCUT2D eigenvalue weighted by Gasteiger charge is 2.09. The largest absolute Gasteiger partial charge is 0.497 e. The zero-order chi connectivity index (χ0) is 11.8. The summed E-state index contributed by atoms with van der Waals surface area (Å²) in [5.74, 6) is 0.852. The van der Waals surface area contributed by atoms with E-state index in [2.05, 4.69) is 0 Å². The first-order chi connectivity index (χ1) is 7.80. The van der Waals surface area contributed by atoms with E-state index in [0.717, 1.165) is 11.3 Å². The molecule has 0 aliphatic rings. The standard InChI is InChI=1S/C11H18O4Si/c1-12-11-6-4-10(5-7-11)8-15-9-16(13-2)14-3/h4-7,16H,8-9H2,1-3H3. The maximum atomic E-state index is 5.51. The fraction of sp³-hybridized carbons (Fsp3) is 0.455. The van der Waals surface area contributed by atoms with Crippen molar-refractivity contribution in [2.24, 2.45) is 0 Å². The van der Waals surface area contributed by atoms with Gasteiger partial charge in [-0.25, -0.2) is 0 Å². The van der Waals surface area contributed by atoms with Gasteiger partial charge in [0.1, 0.15) is 5.75 Å². The van der Waals surface area contributed by atoms with E-state index in [9.17, 15) is 0 Å². The highest BCUT2D eigenvalue weighted by molar-refractivity contribution is 6.44. The van der Waals surface area contributed by atoms with E-state index in [1.807, 2.05) is 24.3 Å². The van der Waals surface area contributed by atoms with Gasteiger partial charge in [-0.2, -0.15) is 0 Å². The molecule has 0 N–H and O–H groups in total. The summed E-state index contributed by atoms with van der Waals surface area (Å²) in [5, 5.41) is 0. The van der Waals surface area contributed by atoms with Crippen LogP contribution < -0.4 is 4.74 Å². The average Bonchev–Trinajstić information content (AvgIpc) is 2.35. The second kappa shape index (κ2) is 7.40. The lowest BCUT2D eigenvalue weighted by atomic mass is 10.2. The normalized spacial score (nSPS) is 10.8. The van der Waals surface area contributed by atoms with E-state index in [0.29, 0.717) is 12.8 Å². The van der Waals surface area contributed by atoms with Gasteiger partial charge in [-0.05, 0) is 17.7 Å². The minimum atomic E-state index is -1.60. The van der Waals surface area contributed by atoms with Gasteiger partial charge in [0.2, 0.25) is 0 Å². The number of methoxy groups -OCH3 is 1. The molecule has 90 valence electrons. The van der Waals surface area contributed by atoms with E-state index in [1.165, 1.54) is 0 Å². The van der Waals surface area contributed by atoms with Crippen LogP contribution in [0.2, 0.25) is 0 Å². The fourth-order valence-electron chi connectivity index (χ4n) is 1.23. The molecule has 0 bridgehead atoms. The Morgan fingerprint density at radius 3 is 2.12 bits per heavy atom. The molecule has 1 aromatic carbocycles. The van der Waals surface area contributed by atoms with Crippen LogP contribution in [-0.2, 0) is 20.2 Å². The van der Waals surface area contributed by atoms with Crippen LogP contribution in [0, 0.1) is 0 Å². The van der Waals surface area contributed by atoms with Gasteiger partial charge in [-0.1, -0.05) is 12.1 Å². The monoisotopic (exact) mass is 242 g/mol. The lowest BCUT2D eigenvalue weighted by Gasteiger charge is -2.11. The summed E-state index contributed by atoms with van der Waals surface area (Å²) in [5.41, 5.74) is 1.11. The minimum Gasteiger partial charge on any atom is -0.497 e. The van der Waals surface area contributed by atoms with Crippen molar-refractivity contribution in [2.75, 3.05) is 27.6 Å². The van der Waals surface area contributed by atoms with Crippen LogP contribution in [0.5, 0.6) is 5.75 Å². The van der Waals surface area contributed by atoms with Gasteiger partial charge in [0, 0.05) is 14.2 Å². The predicted molar refractivity (Wildman–Crippen MR) is 63.8 cm³/mol. The van der Waals surface area contributed by atoms with Gasteiger partial charge < -0.3 is 18.3 Å². The summed E-state index contributed by atoms with van der Waals surface area (Å²) in [6.07, 6.45) is 0.555. The first-order valence-corrected chi connectivity index (χ1v) is 6.82. The van der Waals surface area contributed by atoms with Crippen LogP contribution >= 0.6 is 0 Å². The Morgan fingerprint density at radius 2 is 1.62 bits per heavy atom. The summed E-state index contributed by atoms with van der Waals surface area (Å²) >= 11 is 0. The minimum absolute atomic E-state index is 0.555.